The van der Waals surface area contributed by atoms with Gasteiger partial charge in [-0.3, -0.25) is 5.43 Å². The van der Waals surface area contributed by atoms with Gasteiger partial charge >= 0.3 is 5.97 Å². The van der Waals surface area contributed by atoms with Gasteiger partial charge < -0.3 is 9.84 Å². The second kappa shape index (κ2) is 8.71. The maximum atomic E-state index is 10.6. The average molecular weight is 418 g/mol. The number of hydrogen-bond donors (Lipinski definition) is 2. The van der Waals surface area contributed by atoms with E-state index in [1.807, 2.05) is 25.1 Å². The van der Waals surface area contributed by atoms with Gasteiger partial charge in [0, 0.05) is 4.88 Å². The Balaban J connectivity index is 1.52. The summed E-state index contributed by atoms with van der Waals surface area (Å²) in [7, 11) is 0. The lowest BCUT2D eigenvalue weighted by Gasteiger charge is -2.04. The van der Waals surface area contributed by atoms with Gasteiger partial charge in [0.2, 0.25) is 0 Å². The molecule has 0 aliphatic heterocycles. The van der Waals surface area contributed by atoms with Gasteiger partial charge in [0.15, 0.2) is 12.4 Å². The molecule has 0 fully saturated rings. The molecule has 0 radical (unpaired) electrons. The van der Waals surface area contributed by atoms with E-state index in [0.29, 0.717) is 17.4 Å². The molecular formula is C22H18N4O3S. The third-order valence-electron chi connectivity index (χ3n) is 4.19. The van der Waals surface area contributed by atoms with E-state index in [0.717, 1.165) is 26.2 Å². The second-order valence-electron chi connectivity index (χ2n) is 6.44. The first kappa shape index (κ1) is 19.5. The summed E-state index contributed by atoms with van der Waals surface area (Å²) in [6.07, 6.45) is 1.66. The van der Waals surface area contributed by atoms with E-state index in [1.165, 1.54) is 0 Å². The van der Waals surface area contributed by atoms with Crippen molar-refractivity contribution in [1.29, 1.82) is 0 Å². The quantitative estimate of drug-likeness (QED) is 0.337. The number of hydrogen-bond acceptors (Lipinski definition) is 7. The molecule has 0 amide bonds. The maximum Gasteiger partial charge on any atom is 0.341 e. The first-order chi connectivity index (χ1) is 14.6. The van der Waals surface area contributed by atoms with Crippen molar-refractivity contribution in [1.82, 2.24) is 9.97 Å². The number of nitrogens with one attached hydrogen (secondary N) is 1. The summed E-state index contributed by atoms with van der Waals surface area (Å²) in [6.45, 7) is 1.48. The number of aryl methyl sites for hydroxylation is 1. The number of benzene rings is 2. The highest BCUT2D eigenvalue weighted by atomic mass is 32.1. The van der Waals surface area contributed by atoms with Gasteiger partial charge in [-0.2, -0.15) is 5.10 Å². The molecule has 4 aromatic rings. The molecule has 2 heterocycles. The fourth-order valence-corrected chi connectivity index (χ4v) is 3.90. The van der Waals surface area contributed by atoms with Crippen molar-refractivity contribution in [2.75, 3.05) is 12.0 Å². The summed E-state index contributed by atoms with van der Waals surface area (Å²) >= 11 is 1.62. The Hall–Kier alpha value is -3.78. The minimum absolute atomic E-state index is 0.371. The molecule has 0 unspecified atom stereocenters. The maximum absolute atomic E-state index is 10.6. The molecule has 2 aromatic heterocycles. The van der Waals surface area contributed by atoms with Gasteiger partial charge in [-0.1, -0.05) is 30.3 Å². The molecule has 0 spiro atoms. The number of thiophene rings is 1. The first-order valence-electron chi connectivity index (χ1n) is 9.16. The van der Waals surface area contributed by atoms with Crippen molar-refractivity contribution in [2.24, 2.45) is 5.10 Å². The number of carbonyl (C=O) groups is 1. The fourth-order valence-electron chi connectivity index (χ4n) is 2.82. The lowest BCUT2D eigenvalue weighted by molar-refractivity contribution is -0.139. The van der Waals surface area contributed by atoms with E-state index >= 15 is 0 Å². The lowest BCUT2D eigenvalue weighted by atomic mass is 10.2. The monoisotopic (exact) mass is 418 g/mol. The smallest absolute Gasteiger partial charge is 0.341 e. The summed E-state index contributed by atoms with van der Waals surface area (Å²) in [5.74, 6) is 0.790. The van der Waals surface area contributed by atoms with Crippen molar-refractivity contribution in [2.45, 2.75) is 6.92 Å². The minimum Gasteiger partial charge on any atom is -0.482 e. The number of carboxylic acids is 1. The van der Waals surface area contributed by atoms with E-state index in [2.05, 4.69) is 38.7 Å². The molecule has 0 bridgehead atoms. The Morgan fingerprint density at radius 2 is 1.93 bits per heavy atom. The van der Waals surface area contributed by atoms with E-state index in [1.54, 1.807) is 41.8 Å². The van der Waals surface area contributed by atoms with Crippen LogP contribution in [-0.4, -0.2) is 33.9 Å². The standard InChI is InChI=1S/C22H18N4O3S/c1-14-24-21(18-11-19(30-22(18)25-14)16-5-3-2-4-6-16)26-23-12-15-7-9-17(10-8-15)29-13-20(27)28/h2-12H,13H2,1H3,(H,27,28)(H,24,25,26)/b23-12+. The lowest BCUT2D eigenvalue weighted by Crippen LogP contribution is -2.09. The average Bonchev–Trinajstić information content (AvgIpc) is 3.18. The van der Waals surface area contributed by atoms with Crippen LogP contribution in [0.5, 0.6) is 5.75 Å². The molecule has 0 saturated heterocycles. The summed E-state index contributed by atoms with van der Waals surface area (Å²) in [5, 5.41) is 13.9. The normalized spacial score (nSPS) is 11.1. The van der Waals surface area contributed by atoms with Crippen LogP contribution < -0.4 is 10.2 Å². The Morgan fingerprint density at radius 3 is 2.67 bits per heavy atom. The number of nitrogens with zero attached hydrogens (tertiary/aromatic N) is 3. The summed E-state index contributed by atoms with van der Waals surface area (Å²) in [4.78, 5) is 21.6. The number of aromatic nitrogens is 2. The van der Waals surface area contributed by atoms with E-state index in [-0.39, 0.29) is 6.61 Å². The molecule has 150 valence electrons. The molecule has 0 atom stereocenters. The molecule has 2 aromatic carbocycles. The molecule has 8 heteroatoms. The molecule has 7 nitrogen and oxygen atoms in total. The third-order valence-corrected chi connectivity index (χ3v) is 5.27. The summed E-state index contributed by atoms with van der Waals surface area (Å²) in [6, 6.07) is 19.2. The summed E-state index contributed by atoms with van der Waals surface area (Å²) < 4.78 is 5.12. The van der Waals surface area contributed by atoms with Crippen LogP contribution in [-0.2, 0) is 4.79 Å². The topological polar surface area (TPSA) is 96.7 Å². The Labute approximate surface area is 176 Å². The molecule has 4 rings (SSSR count). The minimum atomic E-state index is -1.01. The van der Waals surface area contributed by atoms with Crippen molar-refractivity contribution in [3.63, 3.8) is 0 Å². The summed E-state index contributed by atoms with van der Waals surface area (Å²) in [5.41, 5.74) is 4.99. The number of aliphatic carboxylic acids is 1. The number of ether oxygens (including phenoxy) is 1. The number of hydrazone groups is 1. The van der Waals surface area contributed by atoms with Crippen molar-refractivity contribution in [3.05, 3.63) is 72.1 Å². The van der Waals surface area contributed by atoms with Crippen LogP contribution in [0.3, 0.4) is 0 Å². The predicted octanol–water partition coefficient (Wildman–Crippen LogP) is 4.58. The zero-order valence-corrected chi connectivity index (χ0v) is 16.9. The number of carboxylic acid groups (broad SMARTS) is 1. The Morgan fingerprint density at radius 1 is 1.17 bits per heavy atom. The predicted molar refractivity (Wildman–Crippen MR) is 118 cm³/mol. The van der Waals surface area contributed by atoms with Crippen molar-refractivity contribution >= 4 is 39.6 Å². The van der Waals surface area contributed by atoms with Crippen LogP contribution >= 0.6 is 11.3 Å². The van der Waals surface area contributed by atoms with Crippen LogP contribution in [0.4, 0.5) is 5.82 Å². The van der Waals surface area contributed by atoms with Gasteiger partial charge in [0.25, 0.3) is 0 Å². The molecule has 0 aliphatic rings. The van der Waals surface area contributed by atoms with Crippen LogP contribution in [0, 0.1) is 6.92 Å². The highest BCUT2D eigenvalue weighted by Crippen LogP contribution is 2.35. The molecule has 0 saturated carbocycles. The van der Waals surface area contributed by atoms with Gasteiger partial charge in [-0.05, 0) is 48.4 Å². The number of fused-ring (bicyclic) bond motifs is 1. The Kier molecular flexibility index (Phi) is 5.67. The molecule has 2 N–H and O–H groups in total. The highest BCUT2D eigenvalue weighted by molar-refractivity contribution is 7.21. The zero-order valence-electron chi connectivity index (χ0n) is 16.1. The number of rotatable bonds is 7. The second-order valence-corrected chi connectivity index (χ2v) is 7.47. The van der Waals surface area contributed by atoms with Gasteiger partial charge in [0.05, 0.1) is 11.6 Å². The highest BCUT2D eigenvalue weighted by Gasteiger charge is 2.11. The molecule has 0 aliphatic carbocycles. The van der Waals surface area contributed by atoms with E-state index in [9.17, 15) is 4.79 Å². The molecular weight excluding hydrogens is 400 g/mol. The van der Waals surface area contributed by atoms with Crippen molar-refractivity contribution < 1.29 is 14.6 Å². The fraction of sp³-hybridized carbons (Fsp3) is 0.0909. The van der Waals surface area contributed by atoms with E-state index in [4.69, 9.17) is 9.84 Å². The zero-order chi connectivity index (χ0) is 20.9. The number of anilines is 1. The van der Waals surface area contributed by atoms with Crippen LogP contribution in [0.15, 0.2) is 65.8 Å². The van der Waals surface area contributed by atoms with Crippen LogP contribution in [0.2, 0.25) is 0 Å². The van der Waals surface area contributed by atoms with Crippen molar-refractivity contribution in [3.8, 4) is 16.2 Å². The first-order valence-corrected chi connectivity index (χ1v) is 9.97. The van der Waals surface area contributed by atoms with Gasteiger partial charge in [-0.25, -0.2) is 14.8 Å². The Bertz CT molecular complexity index is 1200. The van der Waals surface area contributed by atoms with Crippen LogP contribution in [0.25, 0.3) is 20.7 Å². The third kappa shape index (κ3) is 4.61. The van der Waals surface area contributed by atoms with Gasteiger partial charge in [-0.15, -0.1) is 11.3 Å². The van der Waals surface area contributed by atoms with Crippen LogP contribution in [0.1, 0.15) is 11.4 Å². The largest absolute Gasteiger partial charge is 0.482 e. The SMILES string of the molecule is Cc1nc(N/N=C/c2ccc(OCC(=O)O)cc2)c2cc(-c3ccccc3)sc2n1. The van der Waals surface area contributed by atoms with E-state index < -0.39 is 5.97 Å². The molecule has 30 heavy (non-hydrogen) atoms. The van der Waals surface area contributed by atoms with Gasteiger partial charge in [0.1, 0.15) is 16.4 Å².